The number of carbonyl (C=O) groups is 1. The monoisotopic (exact) mass is 557 g/mol. The molecule has 0 radical (unpaired) electrons. The minimum atomic E-state index is -0.109. The Kier molecular flexibility index (Phi) is 9.47. The van der Waals surface area contributed by atoms with Crippen molar-refractivity contribution < 1.29 is 19.0 Å². The van der Waals surface area contributed by atoms with Crippen LogP contribution in [0.1, 0.15) is 58.4 Å². The molecule has 2 aliphatic rings. The fourth-order valence-electron chi connectivity index (χ4n) is 6.12. The maximum Gasteiger partial charge on any atom is 0.255 e. The van der Waals surface area contributed by atoms with Crippen LogP contribution < -0.4 is 14.4 Å². The second kappa shape index (κ2) is 13.4. The normalized spacial score (nSPS) is 16.1. The van der Waals surface area contributed by atoms with Crippen LogP contribution >= 0.6 is 0 Å². The molecular formula is C34H43N3O4. The summed E-state index contributed by atoms with van der Waals surface area (Å²) in [5.74, 6) is 1.44. The maximum atomic E-state index is 13.9. The zero-order chi connectivity index (χ0) is 28.8. The van der Waals surface area contributed by atoms with Crippen molar-refractivity contribution in [2.75, 3.05) is 58.5 Å². The molecule has 0 saturated carbocycles. The van der Waals surface area contributed by atoms with Gasteiger partial charge in [0, 0.05) is 56.1 Å². The molecule has 0 N–H and O–H groups in total. The number of hydrogen-bond donors (Lipinski definition) is 0. The summed E-state index contributed by atoms with van der Waals surface area (Å²) in [7, 11) is 3.29. The first kappa shape index (κ1) is 29.0. The highest BCUT2D eigenvalue weighted by Gasteiger charge is 2.36. The van der Waals surface area contributed by atoms with Gasteiger partial charge in [0.2, 0.25) is 0 Å². The average molecular weight is 558 g/mol. The highest BCUT2D eigenvalue weighted by atomic mass is 16.5. The van der Waals surface area contributed by atoms with Crippen molar-refractivity contribution in [1.82, 2.24) is 9.80 Å². The van der Waals surface area contributed by atoms with Gasteiger partial charge in [-0.2, -0.15) is 0 Å². The van der Waals surface area contributed by atoms with Gasteiger partial charge >= 0.3 is 0 Å². The van der Waals surface area contributed by atoms with Crippen LogP contribution in [0.5, 0.6) is 11.5 Å². The highest BCUT2D eigenvalue weighted by molar-refractivity contribution is 6.00. The molecule has 5 rings (SSSR count). The van der Waals surface area contributed by atoms with Crippen molar-refractivity contribution in [2.24, 2.45) is 0 Å². The highest BCUT2D eigenvalue weighted by Crippen LogP contribution is 2.40. The van der Waals surface area contributed by atoms with Gasteiger partial charge in [-0.1, -0.05) is 48.9 Å². The molecular weight excluding hydrogens is 514 g/mol. The van der Waals surface area contributed by atoms with E-state index in [0.29, 0.717) is 31.3 Å². The fraction of sp³-hybridized carbons (Fsp3) is 0.441. The van der Waals surface area contributed by atoms with Crippen molar-refractivity contribution in [3.05, 3.63) is 88.5 Å². The van der Waals surface area contributed by atoms with Gasteiger partial charge in [0.1, 0.15) is 0 Å². The lowest BCUT2D eigenvalue weighted by Crippen LogP contribution is -2.46. The lowest BCUT2D eigenvalue weighted by molar-refractivity contribution is 0.0660. The van der Waals surface area contributed by atoms with Crippen LogP contribution in [0, 0.1) is 6.92 Å². The molecule has 3 aromatic carbocycles. The molecule has 218 valence electrons. The van der Waals surface area contributed by atoms with Gasteiger partial charge in [-0.15, -0.1) is 0 Å². The number of amides is 1. The van der Waals surface area contributed by atoms with Crippen molar-refractivity contribution in [1.29, 1.82) is 0 Å². The summed E-state index contributed by atoms with van der Waals surface area (Å²) >= 11 is 0. The van der Waals surface area contributed by atoms with E-state index in [1.807, 2.05) is 29.2 Å². The predicted octanol–water partition coefficient (Wildman–Crippen LogP) is 5.85. The molecule has 7 heteroatoms. The summed E-state index contributed by atoms with van der Waals surface area (Å²) < 4.78 is 17.2. The van der Waals surface area contributed by atoms with E-state index in [1.165, 1.54) is 16.8 Å². The molecule has 0 aromatic heterocycles. The van der Waals surface area contributed by atoms with Gasteiger partial charge in [-0.25, -0.2) is 0 Å². The third-order valence-electron chi connectivity index (χ3n) is 8.42. The number of carbonyl (C=O) groups excluding carboxylic acids is 1. The molecule has 41 heavy (non-hydrogen) atoms. The Bertz CT molecular complexity index is 1340. The number of methoxy groups -OCH3 is 2. The van der Waals surface area contributed by atoms with Crippen LogP contribution in [0.3, 0.4) is 0 Å². The summed E-state index contributed by atoms with van der Waals surface area (Å²) in [5.41, 5.74) is 6.62. The molecule has 1 amide bonds. The summed E-state index contributed by atoms with van der Waals surface area (Å²) in [5, 5.41) is 0. The summed E-state index contributed by atoms with van der Waals surface area (Å²) in [6.07, 6.45) is 1.62. The molecule has 1 saturated heterocycles. The number of piperazine rings is 1. The maximum absolute atomic E-state index is 13.9. The van der Waals surface area contributed by atoms with Crippen molar-refractivity contribution in [3.63, 3.8) is 0 Å². The van der Waals surface area contributed by atoms with E-state index in [-0.39, 0.29) is 11.9 Å². The van der Waals surface area contributed by atoms with Crippen molar-refractivity contribution in [3.8, 4) is 11.5 Å². The van der Waals surface area contributed by atoms with E-state index in [0.717, 1.165) is 62.3 Å². The SMILES string of the molecule is CCN1CCN(c2cccc3c2CN([C@H](CCCOCc2cccc(C)c2)c2ccc(OC)c(OC)c2)C3=O)CC1. The first-order valence-corrected chi connectivity index (χ1v) is 14.8. The zero-order valence-corrected chi connectivity index (χ0v) is 24.9. The largest absolute Gasteiger partial charge is 0.493 e. The molecule has 0 unspecified atom stereocenters. The molecule has 7 nitrogen and oxygen atoms in total. The molecule has 2 aliphatic heterocycles. The van der Waals surface area contributed by atoms with E-state index in [2.05, 4.69) is 60.0 Å². The van der Waals surface area contributed by atoms with Crippen LogP contribution in [0.2, 0.25) is 0 Å². The standard InChI is InChI=1S/C34H43N3O4/c1-5-35-16-18-36(19-17-35)31-12-7-11-28-29(31)23-37(34(28)38)30(27-14-15-32(39-3)33(22-27)40-4)13-8-20-41-24-26-10-6-9-25(2)21-26/h6-7,9-12,14-15,21-22,30H,5,8,13,16-20,23-24H2,1-4H3/t30-/m1/s1. The van der Waals surface area contributed by atoms with Gasteiger partial charge in [-0.3, -0.25) is 4.79 Å². The number of fused-ring (bicyclic) bond motifs is 1. The van der Waals surface area contributed by atoms with Gasteiger partial charge in [0.05, 0.1) is 26.9 Å². The molecule has 3 aromatic rings. The van der Waals surface area contributed by atoms with E-state index in [4.69, 9.17) is 14.2 Å². The van der Waals surface area contributed by atoms with Crippen molar-refractivity contribution >= 4 is 11.6 Å². The Morgan fingerprint density at radius 2 is 1.68 bits per heavy atom. The van der Waals surface area contributed by atoms with Gasteiger partial charge in [0.25, 0.3) is 5.91 Å². The topological polar surface area (TPSA) is 54.5 Å². The van der Waals surface area contributed by atoms with Crippen LogP contribution in [-0.2, 0) is 17.9 Å². The number of anilines is 1. The van der Waals surface area contributed by atoms with Gasteiger partial charge < -0.3 is 28.9 Å². The summed E-state index contributed by atoms with van der Waals surface area (Å²) in [6.45, 7) is 11.3. The average Bonchev–Trinajstić information content (AvgIpc) is 3.34. The number of likely N-dealkylation sites (N-methyl/N-ethyl adjacent to an activating group) is 1. The number of benzene rings is 3. The molecule has 1 fully saturated rings. The van der Waals surface area contributed by atoms with Crippen molar-refractivity contribution in [2.45, 2.75) is 45.9 Å². The van der Waals surface area contributed by atoms with Crippen LogP contribution in [0.15, 0.2) is 60.7 Å². The zero-order valence-electron chi connectivity index (χ0n) is 24.9. The number of hydrogen-bond acceptors (Lipinski definition) is 6. The van der Waals surface area contributed by atoms with Gasteiger partial charge in [-0.05, 0) is 61.7 Å². The van der Waals surface area contributed by atoms with E-state index in [9.17, 15) is 4.79 Å². The lowest BCUT2D eigenvalue weighted by Gasteiger charge is -2.36. The van der Waals surface area contributed by atoms with E-state index < -0.39 is 0 Å². The second-order valence-electron chi connectivity index (χ2n) is 11.0. The first-order valence-electron chi connectivity index (χ1n) is 14.8. The van der Waals surface area contributed by atoms with Gasteiger partial charge in [0.15, 0.2) is 11.5 Å². The van der Waals surface area contributed by atoms with E-state index >= 15 is 0 Å². The first-order chi connectivity index (χ1) is 20.0. The fourth-order valence-corrected chi connectivity index (χ4v) is 6.12. The minimum absolute atomic E-state index is 0.0921. The second-order valence-corrected chi connectivity index (χ2v) is 11.0. The summed E-state index contributed by atoms with van der Waals surface area (Å²) in [4.78, 5) is 20.9. The molecule has 0 aliphatic carbocycles. The van der Waals surface area contributed by atoms with E-state index in [1.54, 1.807) is 14.2 Å². The minimum Gasteiger partial charge on any atom is -0.493 e. The van der Waals surface area contributed by atoms with Crippen LogP contribution in [-0.4, -0.2) is 69.3 Å². The third kappa shape index (κ3) is 6.52. The third-order valence-corrected chi connectivity index (χ3v) is 8.42. The van der Waals surface area contributed by atoms with Crippen LogP contribution in [0.25, 0.3) is 0 Å². The predicted molar refractivity (Wildman–Crippen MR) is 163 cm³/mol. The Morgan fingerprint density at radius 1 is 0.902 bits per heavy atom. The summed E-state index contributed by atoms with van der Waals surface area (Å²) in [6, 6.07) is 20.5. The molecule has 0 bridgehead atoms. The molecule has 1 atom stereocenters. The quantitative estimate of drug-likeness (QED) is 0.261. The van der Waals surface area contributed by atoms with Crippen LogP contribution in [0.4, 0.5) is 5.69 Å². The molecule has 0 spiro atoms. The lowest BCUT2D eigenvalue weighted by atomic mass is 9.99. The Hall–Kier alpha value is -3.55. The Balaban J connectivity index is 1.35. The number of nitrogens with zero attached hydrogens (tertiary/aromatic N) is 3. The Morgan fingerprint density at radius 3 is 2.41 bits per heavy atom. The molecule has 2 heterocycles. The number of aryl methyl sites for hydroxylation is 1. The number of ether oxygens (including phenoxy) is 3. The smallest absolute Gasteiger partial charge is 0.255 e. The Labute approximate surface area is 244 Å². The number of rotatable bonds is 12.